The number of nitrogens with two attached hydrogens (primary N) is 1. The molecule has 4 N–H and O–H groups in total. The van der Waals surface area contributed by atoms with E-state index >= 15 is 0 Å². The molecule has 1 heterocycles. The molecule has 3 rings (SSSR count). The van der Waals surface area contributed by atoms with Crippen LogP contribution < -0.4 is 16.6 Å². The molecule has 1 aromatic heterocycles. The van der Waals surface area contributed by atoms with Crippen LogP contribution in [0.4, 0.5) is 0 Å². The van der Waals surface area contributed by atoms with Crippen LogP contribution in [-0.2, 0) is 12.8 Å². The van der Waals surface area contributed by atoms with Crippen molar-refractivity contribution >= 4 is 18.3 Å². The van der Waals surface area contributed by atoms with Gasteiger partial charge in [-0.15, -0.1) is 12.4 Å². The van der Waals surface area contributed by atoms with Gasteiger partial charge in [-0.2, -0.15) is 0 Å². The van der Waals surface area contributed by atoms with Gasteiger partial charge in [0.25, 0.3) is 11.5 Å². The number of fused-ring (bicyclic) bond motifs is 1. The number of hydrogen-bond donors (Lipinski definition) is 3. The topological polar surface area (TPSA) is 88.0 Å². The predicted octanol–water partition coefficient (Wildman–Crippen LogP) is 2.11. The van der Waals surface area contributed by atoms with Crippen molar-refractivity contribution in [2.45, 2.75) is 31.7 Å². The van der Waals surface area contributed by atoms with Gasteiger partial charge in [0.15, 0.2) is 0 Å². The van der Waals surface area contributed by atoms with Crippen molar-refractivity contribution < 1.29 is 4.79 Å². The fraction of sp³-hybridized carbons (Fsp3) is 0.333. The Labute approximate surface area is 147 Å². The van der Waals surface area contributed by atoms with Crippen LogP contribution in [0.3, 0.4) is 0 Å². The van der Waals surface area contributed by atoms with Gasteiger partial charge in [0, 0.05) is 18.3 Å². The molecule has 0 fully saturated rings. The molecule has 1 atom stereocenters. The molecule has 1 aliphatic rings. The Morgan fingerprint density at radius 1 is 1.21 bits per heavy atom. The number of carbonyl (C=O) groups is 1. The molecule has 0 saturated carbocycles. The predicted molar refractivity (Wildman–Crippen MR) is 96.7 cm³/mol. The summed E-state index contributed by atoms with van der Waals surface area (Å²) in [7, 11) is 0. The first kappa shape index (κ1) is 18.2. The van der Waals surface area contributed by atoms with Gasteiger partial charge in [0.2, 0.25) is 0 Å². The summed E-state index contributed by atoms with van der Waals surface area (Å²) in [6.07, 6.45) is 3.97. The van der Waals surface area contributed by atoms with Crippen molar-refractivity contribution in [1.29, 1.82) is 0 Å². The molecule has 24 heavy (non-hydrogen) atoms. The van der Waals surface area contributed by atoms with Gasteiger partial charge in [0.05, 0.1) is 0 Å². The molecule has 1 unspecified atom stereocenters. The molecule has 6 heteroatoms. The Hall–Kier alpha value is -2.11. The second kappa shape index (κ2) is 8.13. The normalized spacial score (nSPS) is 14.2. The molecular formula is C18H22ClN3O2. The number of carbonyl (C=O) groups excluding carboxylic acids is 1. The zero-order valence-corrected chi connectivity index (χ0v) is 14.2. The maximum absolute atomic E-state index is 12.3. The number of H-pyrrole nitrogens is 1. The van der Waals surface area contributed by atoms with Gasteiger partial charge in [0.1, 0.15) is 5.56 Å². The standard InChI is InChI=1S/C18H21N3O2.ClH/c19-15(12-6-2-1-3-7-12)11-20-17(22)14-10-13-8-4-5-9-16(13)21-18(14)23;/h1-3,6-7,10,15H,4-5,8-9,11,19H2,(H,20,22)(H,21,23);1H. The molecular weight excluding hydrogens is 326 g/mol. The molecule has 5 nitrogen and oxygen atoms in total. The highest BCUT2D eigenvalue weighted by atomic mass is 35.5. The van der Waals surface area contributed by atoms with Gasteiger partial charge >= 0.3 is 0 Å². The Bertz CT molecular complexity index is 759. The highest BCUT2D eigenvalue weighted by molar-refractivity contribution is 5.94. The van der Waals surface area contributed by atoms with Crippen LogP contribution in [0.2, 0.25) is 0 Å². The molecule has 0 spiro atoms. The van der Waals surface area contributed by atoms with Crippen molar-refractivity contribution in [2.24, 2.45) is 5.73 Å². The minimum Gasteiger partial charge on any atom is -0.350 e. The lowest BCUT2D eigenvalue weighted by molar-refractivity contribution is 0.0949. The van der Waals surface area contributed by atoms with Gasteiger partial charge < -0.3 is 16.0 Å². The van der Waals surface area contributed by atoms with Crippen LogP contribution in [0, 0.1) is 0 Å². The van der Waals surface area contributed by atoms with E-state index in [1.165, 1.54) is 0 Å². The average molecular weight is 348 g/mol. The van der Waals surface area contributed by atoms with Crippen molar-refractivity contribution in [2.75, 3.05) is 6.54 Å². The minimum absolute atomic E-state index is 0. The lowest BCUT2D eigenvalue weighted by atomic mass is 9.95. The molecule has 2 aromatic rings. The van der Waals surface area contributed by atoms with Gasteiger partial charge in [-0.05, 0) is 42.9 Å². The van der Waals surface area contributed by atoms with E-state index in [0.29, 0.717) is 6.54 Å². The van der Waals surface area contributed by atoms with Crippen LogP contribution in [0.5, 0.6) is 0 Å². The fourth-order valence-corrected chi connectivity index (χ4v) is 2.96. The summed E-state index contributed by atoms with van der Waals surface area (Å²) in [5.74, 6) is -0.369. The molecule has 0 saturated heterocycles. The van der Waals surface area contributed by atoms with Crippen molar-refractivity contribution in [3.63, 3.8) is 0 Å². The summed E-state index contributed by atoms with van der Waals surface area (Å²) < 4.78 is 0. The maximum atomic E-state index is 12.3. The average Bonchev–Trinajstić information content (AvgIpc) is 2.59. The van der Waals surface area contributed by atoms with E-state index in [4.69, 9.17) is 5.73 Å². The lowest BCUT2D eigenvalue weighted by Crippen LogP contribution is -2.35. The van der Waals surface area contributed by atoms with Crippen LogP contribution >= 0.6 is 12.4 Å². The first-order chi connectivity index (χ1) is 11.1. The van der Waals surface area contributed by atoms with Crippen LogP contribution in [0.25, 0.3) is 0 Å². The number of aromatic nitrogens is 1. The van der Waals surface area contributed by atoms with Gasteiger partial charge in [-0.3, -0.25) is 9.59 Å². The SMILES string of the molecule is Cl.NC(CNC(=O)c1cc2c([nH]c1=O)CCCC2)c1ccccc1. The quantitative estimate of drug-likeness (QED) is 0.791. The summed E-state index contributed by atoms with van der Waals surface area (Å²) >= 11 is 0. The first-order valence-corrected chi connectivity index (χ1v) is 7.99. The number of nitrogens with one attached hydrogen (secondary N) is 2. The first-order valence-electron chi connectivity index (χ1n) is 7.99. The number of aryl methyl sites for hydroxylation is 2. The maximum Gasteiger partial charge on any atom is 0.261 e. The van der Waals surface area contributed by atoms with Crippen LogP contribution in [0.1, 0.15) is 46.1 Å². The molecule has 0 bridgehead atoms. The minimum atomic E-state index is -0.369. The van der Waals surface area contributed by atoms with E-state index in [9.17, 15) is 9.59 Å². The monoisotopic (exact) mass is 347 g/mol. The lowest BCUT2D eigenvalue weighted by Gasteiger charge is -2.16. The van der Waals surface area contributed by atoms with E-state index in [1.54, 1.807) is 6.07 Å². The Kier molecular flexibility index (Phi) is 6.17. The third-order valence-electron chi connectivity index (χ3n) is 4.29. The molecule has 1 aromatic carbocycles. The van der Waals surface area contributed by atoms with E-state index in [1.807, 2.05) is 30.3 Å². The number of benzene rings is 1. The van der Waals surface area contributed by atoms with Gasteiger partial charge in [-0.1, -0.05) is 30.3 Å². The molecule has 1 aliphatic carbocycles. The number of rotatable bonds is 4. The Morgan fingerprint density at radius 2 is 1.92 bits per heavy atom. The summed E-state index contributed by atoms with van der Waals surface area (Å²) in [6.45, 7) is 0.291. The zero-order valence-electron chi connectivity index (χ0n) is 13.4. The summed E-state index contributed by atoms with van der Waals surface area (Å²) in [6, 6.07) is 11.0. The van der Waals surface area contributed by atoms with Crippen molar-refractivity contribution in [3.8, 4) is 0 Å². The smallest absolute Gasteiger partial charge is 0.261 e. The number of aromatic amines is 1. The Morgan fingerprint density at radius 3 is 2.67 bits per heavy atom. The third-order valence-corrected chi connectivity index (χ3v) is 4.29. The second-order valence-electron chi connectivity index (χ2n) is 5.95. The largest absolute Gasteiger partial charge is 0.350 e. The van der Waals surface area contributed by atoms with E-state index in [2.05, 4.69) is 10.3 Å². The number of halogens is 1. The van der Waals surface area contributed by atoms with Gasteiger partial charge in [-0.25, -0.2) is 0 Å². The molecule has 1 amide bonds. The Balaban J connectivity index is 0.00000208. The second-order valence-corrected chi connectivity index (χ2v) is 5.95. The van der Waals surface area contributed by atoms with Crippen LogP contribution in [-0.4, -0.2) is 17.4 Å². The highest BCUT2D eigenvalue weighted by Crippen LogP contribution is 2.18. The molecule has 128 valence electrons. The molecule has 0 aliphatic heterocycles. The van der Waals surface area contributed by atoms with E-state index in [-0.39, 0.29) is 35.5 Å². The summed E-state index contributed by atoms with van der Waals surface area (Å²) in [5.41, 5.74) is 8.92. The highest BCUT2D eigenvalue weighted by Gasteiger charge is 2.17. The summed E-state index contributed by atoms with van der Waals surface area (Å²) in [4.78, 5) is 27.2. The van der Waals surface area contributed by atoms with E-state index < -0.39 is 0 Å². The zero-order chi connectivity index (χ0) is 16.2. The number of pyridine rings is 1. The molecule has 0 radical (unpaired) electrons. The summed E-state index contributed by atoms with van der Waals surface area (Å²) in [5, 5.41) is 2.76. The third kappa shape index (κ3) is 4.04. The number of hydrogen-bond acceptors (Lipinski definition) is 3. The van der Waals surface area contributed by atoms with Crippen molar-refractivity contribution in [3.05, 3.63) is 69.1 Å². The van der Waals surface area contributed by atoms with E-state index in [0.717, 1.165) is 42.5 Å². The van der Waals surface area contributed by atoms with Crippen LogP contribution in [0.15, 0.2) is 41.2 Å². The number of amides is 1. The fourth-order valence-electron chi connectivity index (χ4n) is 2.96. The van der Waals surface area contributed by atoms with Crippen molar-refractivity contribution in [1.82, 2.24) is 10.3 Å².